The van der Waals surface area contributed by atoms with E-state index in [-0.39, 0.29) is 18.2 Å². The number of amides is 1. The van der Waals surface area contributed by atoms with Gasteiger partial charge in [0.05, 0.1) is 13.5 Å². The van der Waals surface area contributed by atoms with Crippen LogP contribution >= 0.6 is 0 Å². The van der Waals surface area contributed by atoms with Gasteiger partial charge in [-0.1, -0.05) is 19.9 Å². The second kappa shape index (κ2) is 6.93. The lowest BCUT2D eigenvalue weighted by Gasteiger charge is -2.18. The highest BCUT2D eigenvalue weighted by Gasteiger charge is 2.23. The monoisotopic (exact) mass is 279 g/mol. The first-order chi connectivity index (χ1) is 9.35. The molecular weight excluding hydrogens is 258 g/mol. The van der Waals surface area contributed by atoms with E-state index in [4.69, 9.17) is 9.84 Å². The molecule has 20 heavy (non-hydrogen) atoms. The van der Waals surface area contributed by atoms with Crippen LogP contribution in [0.3, 0.4) is 0 Å². The van der Waals surface area contributed by atoms with Gasteiger partial charge in [-0.15, -0.1) is 0 Å². The number of aliphatic carboxylic acids is 1. The first kappa shape index (κ1) is 16.0. The number of benzene rings is 1. The molecule has 0 fully saturated rings. The zero-order valence-corrected chi connectivity index (χ0v) is 12.3. The Balaban J connectivity index is 2.73. The third-order valence-electron chi connectivity index (χ3n) is 3.15. The molecular formula is C15H21NO4. The van der Waals surface area contributed by atoms with Crippen molar-refractivity contribution in [1.29, 1.82) is 0 Å². The summed E-state index contributed by atoms with van der Waals surface area (Å²) < 4.78 is 5.10. The van der Waals surface area contributed by atoms with Crippen LogP contribution in [0.5, 0.6) is 5.75 Å². The maximum absolute atomic E-state index is 11.9. The van der Waals surface area contributed by atoms with E-state index in [1.165, 1.54) is 0 Å². The van der Waals surface area contributed by atoms with E-state index in [9.17, 15) is 9.59 Å². The molecule has 5 nitrogen and oxygen atoms in total. The van der Waals surface area contributed by atoms with Crippen molar-refractivity contribution < 1.29 is 19.4 Å². The number of carboxylic acid groups (broad SMARTS) is 1. The second-order valence-electron chi connectivity index (χ2n) is 5.10. The highest BCUT2D eigenvalue weighted by molar-refractivity contribution is 5.85. The topological polar surface area (TPSA) is 75.6 Å². The van der Waals surface area contributed by atoms with Crippen molar-refractivity contribution in [1.82, 2.24) is 5.32 Å². The molecule has 1 rings (SSSR count). The SMILES string of the molecule is COc1ccc(CC(=O)N[C@H](C(=O)O)C(C)C)c(C)c1. The van der Waals surface area contributed by atoms with Crippen molar-refractivity contribution >= 4 is 11.9 Å². The number of aryl methyl sites for hydroxylation is 1. The molecule has 0 bridgehead atoms. The van der Waals surface area contributed by atoms with Crippen molar-refractivity contribution in [2.45, 2.75) is 33.2 Å². The van der Waals surface area contributed by atoms with E-state index < -0.39 is 12.0 Å². The highest BCUT2D eigenvalue weighted by atomic mass is 16.5. The Morgan fingerprint density at radius 1 is 1.35 bits per heavy atom. The average Bonchev–Trinajstić information content (AvgIpc) is 2.37. The number of ether oxygens (including phenoxy) is 1. The number of methoxy groups -OCH3 is 1. The number of carboxylic acids is 1. The molecule has 0 aromatic heterocycles. The predicted octanol–water partition coefficient (Wildman–Crippen LogP) is 1.77. The van der Waals surface area contributed by atoms with Crippen LogP contribution in [0, 0.1) is 12.8 Å². The van der Waals surface area contributed by atoms with Crippen LogP contribution in [0.2, 0.25) is 0 Å². The maximum Gasteiger partial charge on any atom is 0.326 e. The molecule has 0 aliphatic rings. The van der Waals surface area contributed by atoms with Gasteiger partial charge >= 0.3 is 5.97 Å². The van der Waals surface area contributed by atoms with Gasteiger partial charge in [-0.3, -0.25) is 4.79 Å². The zero-order valence-electron chi connectivity index (χ0n) is 12.3. The quantitative estimate of drug-likeness (QED) is 0.832. The van der Waals surface area contributed by atoms with Crippen molar-refractivity contribution in [2.75, 3.05) is 7.11 Å². The van der Waals surface area contributed by atoms with E-state index >= 15 is 0 Å². The first-order valence-corrected chi connectivity index (χ1v) is 6.50. The van der Waals surface area contributed by atoms with Crippen LogP contribution in [0.15, 0.2) is 18.2 Å². The van der Waals surface area contributed by atoms with Crippen molar-refractivity contribution in [3.8, 4) is 5.75 Å². The molecule has 0 saturated heterocycles. The summed E-state index contributed by atoms with van der Waals surface area (Å²) in [7, 11) is 1.58. The summed E-state index contributed by atoms with van der Waals surface area (Å²) in [6.45, 7) is 5.41. The normalized spacial score (nSPS) is 12.1. The van der Waals surface area contributed by atoms with Gasteiger partial charge in [0.15, 0.2) is 0 Å². The van der Waals surface area contributed by atoms with E-state index in [2.05, 4.69) is 5.32 Å². The molecule has 1 aromatic carbocycles. The Bertz CT molecular complexity index is 497. The van der Waals surface area contributed by atoms with Crippen LogP contribution in [0.1, 0.15) is 25.0 Å². The van der Waals surface area contributed by atoms with Crippen molar-refractivity contribution in [3.63, 3.8) is 0 Å². The lowest BCUT2D eigenvalue weighted by molar-refractivity contribution is -0.143. The third kappa shape index (κ3) is 4.26. The summed E-state index contributed by atoms with van der Waals surface area (Å²) in [4.78, 5) is 23.0. The molecule has 0 unspecified atom stereocenters. The standard InChI is InChI=1S/C15H21NO4/c1-9(2)14(15(18)19)16-13(17)8-11-5-6-12(20-4)7-10(11)3/h5-7,9,14H,8H2,1-4H3,(H,16,17)(H,18,19)/t14-/m0/s1. The van der Waals surface area contributed by atoms with Crippen LogP contribution in [-0.4, -0.2) is 30.1 Å². The number of nitrogens with one attached hydrogen (secondary N) is 1. The summed E-state index contributed by atoms with van der Waals surface area (Å²) in [5, 5.41) is 11.6. The smallest absolute Gasteiger partial charge is 0.326 e. The second-order valence-corrected chi connectivity index (χ2v) is 5.10. The van der Waals surface area contributed by atoms with Crippen molar-refractivity contribution in [2.24, 2.45) is 5.92 Å². The van der Waals surface area contributed by atoms with Gasteiger partial charge in [0, 0.05) is 0 Å². The Morgan fingerprint density at radius 2 is 2.00 bits per heavy atom. The van der Waals surface area contributed by atoms with Gasteiger partial charge in [-0.2, -0.15) is 0 Å². The fourth-order valence-electron chi connectivity index (χ4n) is 1.90. The summed E-state index contributed by atoms with van der Waals surface area (Å²) in [5.41, 5.74) is 1.80. The average molecular weight is 279 g/mol. The van der Waals surface area contributed by atoms with Gasteiger partial charge in [-0.25, -0.2) is 4.79 Å². The minimum absolute atomic E-state index is 0.159. The minimum atomic E-state index is -1.01. The van der Waals surface area contributed by atoms with E-state index in [0.29, 0.717) is 0 Å². The lowest BCUT2D eigenvalue weighted by atomic mass is 10.0. The van der Waals surface area contributed by atoms with Gasteiger partial charge in [-0.05, 0) is 36.1 Å². The van der Waals surface area contributed by atoms with E-state index in [0.717, 1.165) is 16.9 Å². The molecule has 5 heteroatoms. The number of hydrogen-bond acceptors (Lipinski definition) is 3. The molecule has 0 saturated carbocycles. The molecule has 1 atom stereocenters. The van der Waals surface area contributed by atoms with Crippen LogP contribution in [0.4, 0.5) is 0 Å². The van der Waals surface area contributed by atoms with Crippen LogP contribution in [-0.2, 0) is 16.0 Å². The lowest BCUT2D eigenvalue weighted by Crippen LogP contribution is -2.44. The maximum atomic E-state index is 11.9. The Kier molecular flexibility index (Phi) is 5.55. The molecule has 0 spiro atoms. The molecule has 110 valence electrons. The third-order valence-corrected chi connectivity index (χ3v) is 3.15. The first-order valence-electron chi connectivity index (χ1n) is 6.50. The molecule has 0 heterocycles. The number of carbonyl (C=O) groups is 2. The summed E-state index contributed by atoms with van der Waals surface area (Å²) >= 11 is 0. The van der Waals surface area contributed by atoms with Crippen LogP contribution in [0.25, 0.3) is 0 Å². The summed E-state index contributed by atoms with van der Waals surface area (Å²) in [6, 6.07) is 4.59. The molecule has 2 N–H and O–H groups in total. The fraction of sp³-hybridized carbons (Fsp3) is 0.467. The zero-order chi connectivity index (χ0) is 15.3. The molecule has 0 radical (unpaired) electrons. The number of carbonyl (C=O) groups excluding carboxylic acids is 1. The molecule has 1 aromatic rings. The van der Waals surface area contributed by atoms with E-state index in [1.807, 2.05) is 19.1 Å². The fourth-order valence-corrected chi connectivity index (χ4v) is 1.90. The van der Waals surface area contributed by atoms with Crippen molar-refractivity contribution in [3.05, 3.63) is 29.3 Å². The minimum Gasteiger partial charge on any atom is -0.497 e. The number of hydrogen-bond donors (Lipinski definition) is 2. The molecule has 0 aliphatic carbocycles. The van der Waals surface area contributed by atoms with E-state index in [1.54, 1.807) is 27.0 Å². The Labute approximate surface area is 118 Å². The van der Waals surface area contributed by atoms with Gasteiger partial charge in [0.1, 0.15) is 11.8 Å². The Morgan fingerprint density at radius 3 is 2.45 bits per heavy atom. The van der Waals surface area contributed by atoms with Gasteiger partial charge in [0.25, 0.3) is 0 Å². The van der Waals surface area contributed by atoms with Gasteiger partial charge < -0.3 is 15.2 Å². The largest absolute Gasteiger partial charge is 0.497 e. The molecule has 1 amide bonds. The molecule has 0 aliphatic heterocycles. The summed E-state index contributed by atoms with van der Waals surface area (Å²) in [5.74, 6) is -0.732. The van der Waals surface area contributed by atoms with Gasteiger partial charge in [0.2, 0.25) is 5.91 Å². The number of rotatable bonds is 6. The Hall–Kier alpha value is -2.04. The van der Waals surface area contributed by atoms with Crippen LogP contribution < -0.4 is 10.1 Å². The highest BCUT2D eigenvalue weighted by Crippen LogP contribution is 2.17. The predicted molar refractivity (Wildman–Crippen MR) is 75.8 cm³/mol. The summed E-state index contributed by atoms with van der Waals surface area (Å²) in [6.07, 6.45) is 0.159.